The van der Waals surface area contributed by atoms with Crippen LogP contribution < -0.4 is 10.1 Å². The molecule has 1 aliphatic heterocycles. The molecule has 2 rings (SSSR count). The predicted molar refractivity (Wildman–Crippen MR) is 78.3 cm³/mol. The summed E-state index contributed by atoms with van der Waals surface area (Å²) in [5.74, 6) is 0.631. The minimum Gasteiger partial charge on any atom is -0.490 e. The summed E-state index contributed by atoms with van der Waals surface area (Å²) in [5, 5.41) is 3.32. The number of likely N-dealkylation sites (N-methyl/N-ethyl adjacent to an activating group) is 1. The van der Waals surface area contributed by atoms with Gasteiger partial charge in [0.1, 0.15) is 5.75 Å². The van der Waals surface area contributed by atoms with E-state index in [9.17, 15) is 4.79 Å². The van der Waals surface area contributed by atoms with E-state index in [2.05, 4.69) is 5.32 Å². The number of ketones is 1. The van der Waals surface area contributed by atoms with Crippen LogP contribution in [0.4, 0.5) is 0 Å². The molecular weight excluding hydrogens is 254 g/mol. The molecule has 1 aromatic rings. The zero-order chi connectivity index (χ0) is 14.5. The van der Waals surface area contributed by atoms with Gasteiger partial charge in [-0.3, -0.25) is 4.79 Å². The molecule has 0 bridgehead atoms. The molecule has 1 N–H and O–H groups in total. The van der Waals surface area contributed by atoms with Crippen LogP contribution in [0.2, 0.25) is 0 Å². The largest absolute Gasteiger partial charge is 0.490 e. The van der Waals surface area contributed by atoms with Gasteiger partial charge in [0.15, 0.2) is 5.78 Å². The van der Waals surface area contributed by atoms with Crippen molar-refractivity contribution in [3.05, 3.63) is 29.8 Å². The standard InChI is InChI=1S/C16H23NO3/c1-4-17-14-10-19-9-13(14)16(18)12-7-5-6-8-15(12)20-11(2)3/h5-8,11,13-14,17H,4,9-10H2,1-3H3. The van der Waals surface area contributed by atoms with Gasteiger partial charge in [0, 0.05) is 6.04 Å². The molecule has 1 aromatic carbocycles. The highest BCUT2D eigenvalue weighted by atomic mass is 16.5. The van der Waals surface area contributed by atoms with E-state index in [4.69, 9.17) is 9.47 Å². The average Bonchev–Trinajstić information content (AvgIpc) is 2.86. The Morgan fingerprint density at radius 3 is 2.85 bits per heavy atom. The molecule has 1 heterocycles. The quantitative estimate of drug-likeness (QED) is 0.810. The number of nitrogens with one attached hydrogen (secondary N) is 1. The Labute approximate surface area is 120 Å². The van der Waals surface area contributed by atoms with E-state index in [1.807, 2.05) is 45.0 Å². The molecule has 110 valence electrons. The first kappa shape index (κ1) is 15.0. The van der Waals surface area contributed by atoms with Crippen molar-refractivity contribution in [3.63, 3.8) is 0 Å². The first-order valence-electron chi connectivity index (χ1n) is 7.24. The summed E-state index contributed by atoms with van der Waals surface area (Å²) in [6.07, 6.45) is 0.0494. The highest BCUT2D eigenvalue weighted by molar-refractivity contribution is 6.01. The van der Waals surface area contributed by atoms with Crippen LogP contribution in [0.25, 0.3) is 0 Å². The van der Waals surface area contributed by atoms with Gasteiger partial charge in [-0.25, -0.2) is 0 Å². The predicted octanol–water partition coefficient (Wildman–Crippen LogP) is 2.28. The number of carbonyl (C=O) groups is 1. The molecule has 2 atom stereocenters. The molecule has 0 aromatic heterocycles. The molecular formula is C16H23NO3. The summed E-state index contributed by atoms with van der Waals surface area (Å²) in [4.78, 5) is 12.7. The van der Waals surface area contributed by atoms with Gasteiger partial charge >= 0.3 is 0 Å². The number of hydrogen-bond donors (Lipinski definition) is 1. The Balaban J connectivity index is 2.20. The smallest absolute Gasteiger partial charge is 0.173 e. The van der Waals surface area contributed by atoms with Crippen molar-refractivity contribution in [1.82, 2.24) is 5.32 Å². The summed E-state index contributed by atoms with van der Waals surface area (Å²) >= 11 is 0. The number of rotatable bonds is 6. The van der Waals surface area contributed by atoms with E-state index in [0.717, 1.165) is 6.54 Å². The summed E-state index contributed by atoms with van der Waals surface area (Å²) in [5.41, 5.74) is 0.652. The molecule has 0 aliphatic carbocycles. The third-order valence-corrected chi connectivity index (χ3v) is 3.40. The molecule has 0 saturated carbocycles. The topological polar surface area (TPSA) is 47.6 Å². The number of para-hydroxylation sites is 1. The Hall–Kier alpha value is -1.39. The van der Waals surface area contributed by atoms with Crippen molar-refractivity contribution >= 4 is 5.78 Å². The lowest BCUT2D eigenvalue weighted by molar-refractivity contribution is 0.0886. The minimum absolute atomic E-state index is 0.0494. The first-order valence-corrected chi connectivity index (χ1v) is 7.24. The number of carbonyl (C=O) groups excluding carboxylic acids is 1. The molecule has 2 unspecified atom stereocenters. The maximum Gasteiger partial charge on any atom is 0.173 e. The molecule has 1 saturated heterocycles. The van der Waals surface area contributed by atoms with Crippen LogP contribution in [0.3, 0.4) is 0 Å². The second kappa shape index (κ2) is 6.86. The number of Topliss-reactive ketones (excluding diaryl/α,β-unsaturated/α-hetero) is 1. The van der Waals surface area contributed by atoms with E-state index in [1.165, 1.54) is 0 Å². The van der Waals surface area contributed by atoms with Crippen LogP contribution in [0.1, 0.15) is 31.1 Å². The SMILES string of the molecule is CCNC1COCC1C(=O)c1ccccc1OC(C)C. The van der Waals surface area contributed by atoms with E-state index < -0.39 is 0 Å². The van der Waals surface area contributed by atoms with Crippen molar-refractivity contribution in [2.75, 3.05) is 19.8 Å². The van der Waals surface area contributed by atoms with Gasteiger partial charge in [0.2, 0.25) is 0 Å². The normalized spacial score (nSPS) is 22.2. The summed E-state index contributed by atoms with van der Waals surface area (Å²) in [7, 11) is 0. The molecule has 0 spiro atoms. The number of hydrogen-bond acceptors (Lipinski definition) is 4. The van der Waals surface area contributed by atoms with Gasteiger partial charge in [-0.2, -0.15) is 0 Å². The van der Waals surface area contributed by atoms with Crippen molar-refractivity contribution in [3.8, 4) is 5.75 Å². The average molecular weight is 277 g/mol. The first-order chi connectivity index (χ1) is 9.63. The highest BCUT2D eigenvalue weighted by Crippen LogP contribution is 2.26. The molecule has 1 fully saturated rings. The summed E-state index contributed by atoms with van der Waals surface area (Å²) in [6.45, 7) is 7.87. The van der Waals surface area contributed by atoms with Gasteiger partial charge < -0.3 is 14.8 Å². The van der Waals surface area contributed by atoms with Crippen LogP contribution in [-0.4, -0.2) is 37.7 Å². The van der Waals surface area contributed by atoms with E-state index in [-0.39, 0.29) is 23.8 Å². The van der Waals surface area contributed by atoms with Gasteiger partial charge in [-0.15, -0.1) is 0 Å². The van der Waals surface area contributed by atoms with Crippen LogP contribution >= 0.6 is 0 Å². The van der Waals surface area contributed by atoms with Crippen molar-refractivity contribution in [2.24, 2.45) is 5.92 Å². The second-order valence-corrected chi connectivity index (χ2v) is 5.34. The highest BCUT2D eigenvalue weighted by Gasteiger charge is 2.35. The van der Waals surface area contributed by atoms with E-state index in [1.54, 1.807) is 0 Å². The lowest BCUT2D eigenvalue weighted by Crippen LogP contribution is -2.39. The third-order valence-electron chi connectivity index (χ3n) is 3.40. The molecule has 20 heavy (non-hydrogen) atoms. The van der Waals surface area contributed by atoms with Gasteiger partial charge in [0.25, 0.3) is 0 Å². The summed E-state index contributed by atoms with van der Waals surface area (Å²) < 4.78 is 11.2. The van der Waals surface area contributed by atoms with Crippen LogP contribution in [0.15, 0.2) is 24.3 Å². The zero-order valence-electron chi connectivity index (χ0n) is 12.4. The Morgan fingerprint density at radius 1 is 1.40 bits per heavy atom. The Kier molecular flexibility index (Phi) is 5.15. The van der Waals surface area contributed by atoms with Crippen molar-refractivity contribution in [1.29, 1.82) is 0 Å². The van der Waals surface area contributed by atoms with Gasteiger partial charge in [-0.05, 0) is 32.5 Å². The molecule has 1 aliphatic rings. The molecule has 4 heteroatoms. The minimum atomic E-state index is -0.133. The van der Waals surface area contributed by atoms with Crippen molar-refractivity contribution in [2.45, 2.75) is 32.9 Å². The number of benzene rings is 1. The van der Waals surface area contributed by atoms with Crippen LogP contribution in [0.5, 0.6) is 5.75 Å². The second-order valence-electron chi connectivity index (χ2n) is 5.34. The Morgan fingerprint density at radius 2 is 2.15 bits per heavy atom. The van der Waals surface area contributed by atoms with Crippen LogP contribution in [0, 0.1) is 5.92 Å². The fraction of sp³-hybridized carbons (Fsp3) is 0.562. The fourth-order valence-corrected chi connectivity index (χ4v) is 2.50. The van der Waals surface area contributed by atoms with Gasteiger partial charge in [-0.1, -0.05) is 19.1 Å². The lowest BCUT2D eigenvalue weighted by Gasteiger charge is -2.19. The molecule has 4 nitrogen and oxygen atoms in total. The zero-order valence-corrected chi connectivity index (χ0v) is 12.4. The third kappa shape index (κ3) is 3.38. The maximum absolute atomic E-state index is 12.7. The fourth-order valence-electron chi connectivity index (χ4n) is 2.50. The van der Waals surface area contributed by atoms with Crippen LogP contribution in [-0.2, 0) is 4.74 Å². The lowest BCUT2D eigenvalue weighted by atomic mass is 9.93. The maximum atomic E-state index is 12.7. The molecule has 0 amide bonds. The van der Waals surface area contributed by atoms with E-state index >= 15 is 0 Å². The summed E-state index contributed by atoms with van der Waals surface area (Å²) in [6, 6.07) is 7.55. The molecule has 0 radical (unpaired) electrons. The van der Waals surface area contributed by atoms with Crippen molar-refractivity contribution < 1.29 is 14.3 Å². The number of ether oxygens (including phenoxy) is 2. The Bertz CT molecular complexity index is 459. The van der Waals surface area contributed by atoms with Gasteiger partial charge in [0.05, 0.1) is 30.8 Å². The monoisotopic (exact) mass is 277 g/mol. The van der Waals surface area contributed by atoms with E-state index in [0.29, 0.717) is 24.5 Å².